The number of esters is 1. The molecular formula is C18H13ClF2N2O4S2. The lowest BCUT2D eigenvalue weighted by Gasteiger charge is -2.10. The first-order valence-electron chi connectivity index (χ1n) is 8.09. The lowest BCUT2D eigenvalue weighted by Crippen LogP contribution is -2.21. The highest BCUT2D eigenvalue weighted by Crippen LogP contribution is 2.30. The summed E-state index contributed by atoms with van der Waals surface area (Å²) in [6, 6.07) is 11.4. The van der Waals surface area contributed by atoms with Gasteiger partial charge >= 0.3 is 12.6 Å². The number of nitrogens with zero attached hydrogens (tertiary/aromatic N) is 1. The average Bonchev–Trinajstić information content (AvgIpc) is 3.09. The molecule has 0 saturated carbocycles. The maximum atomic E-state index is 12.2. The predicted octanol–water partition coefficient (Wildman–Crippen LogP) is 4.83. The molecule has 3 aromatic rings. The predicted molar refractivity (Wildman–Crippen MR) is 108 cm³/mol. The molecule has 1 aromatic heterocycles. The molecule has 29 heavy (non-hydrogen) atoms. The molecule has 0 aliphatic heterocycles. The van der Waals surface area contributed by atoms with Gasteiger partial charge in [0.1, 0.15) is 5.75 Å². The summed E-state index contributed by atoms with van der Waals surface area (Å²) < 4.78 is 35.3. The molecule has 0 bridgehead atoms. The summed E-state index contributed by atoms with van der Waals surface area (Å²) in [6.45, 7) is -3.50. The number of benzene rings is 2. The van der Waals surface area contributed by atoms with Crippen LogP contribution in [0, 0.1) is 0 Å². The van der Waals surface area contributed by atoms with Crippen molar-refractivity contribution in [2.75, 3.05) is 17.7 Å². The number of anilines is 1. The van der Waals surface area contributed by atoms with Gasteiger partial charge in [-0.15, -0.1) is 11.3 Å². The molecule has 3 rings (SSSR count). The Balaban J connectivity index is 1.43. The minimum Gasteiger partial charge on any atom is -0.455 e. The van der Waals surface area contributed by atoms with Gasteiger partial charge in [0.2, 0.25) is 0 Å². The van der Waals surface area contributed by atoms with Crippen LogP contribution >= 0.6 is 34.7 Å². The molecule has 0 radical (unpaired) electrons. The van der Waals surface area contributed by atoms with Crippen LogP contribution in [0.1, 0.15) is 0 Å². The Kier molecular flexibility index (Phi) is 7.24. The molecule has 0 aliphatic carbocycles. The van der Waals surface area contributed by atoms with Crippen molar-refractivity contribution < 1.29 is 27.8 Å². The number of aromatic nitrogens is 1. The van der Waals surface area contributed by atoms with Crippen molar-refractivity contribution in [3.63, 3.8) is 0 Å². The highest BCUT2D eigenvalue weighted by molar-refractivity contribution is 8.01. The number of para-hydroxylation sites is 1. The number of alkyl halides is 2. The second kappa shape index (κ2) is 9.86. The van der Waals surface area contributed by atoms with E-state index in [-0.39, 0.29) is 22.2 Å². The Morgan fingerprint density at radius 1 is 1.24 bits per heavy atom. The maximum absolute atomic E-state index is 12.2. The van der Waals surface area contributed by atoms with E-state index in [1.165, 1.54) is 41.3 Å². The molecule has 0 unspecified atom stereocenters. The molecule has 6 nitrogen and oxygen atoms in total. The van der Waals surface area contributed by atoms with E-state index in [0.717, 1.165) is 14.6 Å². The molecule has 0 saturated heterocycles. The number of nitrogens with one attached hydrogen (secondary N) is 1. The fourth-order valence-corrected chi connectivity index (χ4v) is 4.28. The quantitative estimate of drug-likeness (QED) is 0.385. The largest absolute Gasteiger partial charge is 0.455 e. The van der Waals surface area contributed by atoms with Gasteiger partial charge < -0.3 is 14.8 Å². The molecule has 152 valence electrons. The Labute approximate surface area is 177 Å². The topological polar surface area (TPSA) is 77.5 Å². The molecule has 1 amide bonds. The molecule has 0 fully saturated rings. The van der Waals surface area contributed by atoms with Crippen LogP contribution < -0.4 is 10.1 Å². The van der Waals surface area contributed by atoms with Gasteiger partial charge in [0.25, 0.3) is 5.91 Å². The zero-order chi connectivity index (χ0) is 20.8. The molecule has 1 heterocycles. The summed E-state index contributed by atoms with van der Waals surface area (Å²) in [5, 5.41) is 2.36. The summed E-state index contributed by atoms with van der Waals surface area (Å²) >= 11 is 8.50. The van der Waals surface area contributed by atoms with E-state index >= 15 is 0 Å². The third-order valence-electron chi connectivity index (χ3n) is 3.38. The van der Waals surface area contributed by atoms with Crippen LogP contribution in [0.4, 0.5) is 14.5 Å². The lowest BCUT2D eigenvalue weighted by atomic mass is 10.3. The summed E-state index contributed by atoms with van der Waals surface area (Å²) in [5.41, 5.74) is 1.11. The van der Waals surface area contributed by atoms with Gasteiger partial charge in [-0.05, 0) is 30.3 Å². The molecule has 0 atom stereocenters. The molecular weight excluding hydrogens is 446 g/mol. The van der Waals surface area contributed by atoms with Crippen molar-refractivity contribution in [3.05, 3.63) is 47.5 Å². The van der Waals surface area contributed by atoms with Crippen LogP contribution in [0.2, 0.25) is 5.02 Å². The number of fused-ring (bicyclic) bond motifs is 1. The van der Waals surface area contributed by atoms with E-state index in [0.29, 0.717) is 0 Å². The number of thiazole rings is 1. The Morgan fingerprint density at radius 2 is 2.03 bits per heavy atom. The first kappa shape index (κ1) is 21.3. The van der Waals surface area contributed by atoms with E-state index in [1.54, 1.807) is 0 Å². The number of hydrogen-bond acceptors (Lipinski definition) is 7. The smallest absolute Gasteiger partial charge is 0.387 e. The molecule has 11 heteroatoms. The van der Waals surface area contributed by atoms with E-state index in [4.69, 9.17) is 16.3 Å². The Morgan fingerprint density at radius 3 is 2.76 bits per heavy atom. The minimum absolute atomic E-state index is 0.0125. The number of carbonyl (C=O) groups is 2. The number of thioether (sulfide) groups is 1. The standard InChI is InChI=1S/C18H13ClF2N2O4S2/c19-11-7-10(5-6-13(11)27-17(20)21)22-15(24)8-26-16(25)9-28-18-23-12-3-1-2-4-14(12)29-18/h1-7,17H,8-9H2,(H,22,24). The SMILES string of the molecule is O=C(COC(=O)CSc1nc2ccccc2s1)Nc1ccc(OC(F)F)c(Cl)c1. The number of halogens is 3. The Bertz CT molecular complexity index is 999. The zero-order valence-corrected chi connectivity index (χ0v) is 17.0. The molecule has 0 spiro atoms. The van der Waals surface area contributed by atoms with Crippen LogP contribution in [0.3, 0.4) is 0 Å². The molecule has 0 aliphatic rings. The summed E-state index contributed by atoms with van der Waals surface area (Å²) in [4.78, 5) is 28.1. The third-order valence-corrected chi connectivity index (χ3v) is 5.83. The minimum atomic E-state index is -3.01. The fraction of sp³-hybridized carbons (Fsp3) is 0.167. The highest BCUT2D eigenvalue weighted by atomic mass is 35.5. The first-order chi connectivity index (χ1) is 13.9. The maximum Gasteiger partial charge on any atom is 0.387 e. The van der Waals surface area contributed by atoms with E-state index in [1.807, 2.05) is 24.3 Å². The van der Waals surface area contributed by atoms with Gasteiger partial charge in [0, 0.05) is 5.69 Å². The van der Waals surface area contributed by atoms with Crippen molar-refractivity contribution in [2.45, 2.75) is 11.0 Å². The van der Waals surface area contributed by atoms with Crippen molar-refractivity contribution >= 4 is 62.5 Å². The number of carbonyl (C=O) groups excluding carboxylic acids is 2. The monoisotopic (exact) mass is 458 g/mol. The van der Waals surface area contributed by atoms with E-state index in [2.05, 4.69) is 15.0 Å². The number of rotatable bonds is 8. The van der Waals surface area contributed by atoms with Gasteiger partial charge in [-0.1, -0.05) is 35.5 Å². The van der Waals surface area contributed by atoms with Gasteiger partial charge in [0.15, 0.2) is 10.9 Å². The van der Waals surface area contributed by atoms with Crippen LogP contribution in [0.25, 0.3) is 10.2 Å². The van der Waals surface area contributed by atoms with Crippen LogP contribution in [0.15, 0.2) is 46.8 Å². The van der Waals surface area contributed by atoms with Crippen molar-refractivity contribution in [1.29, 1.82) is 0 Å². The van der Waals surface area contributed by atoms with Crippen molar-refractivity contribution in [2.24, 2.45) is 0 Å². The second-order valence-corrected chi connectivity index (χ2v) is 8.13. The summed E-state index contributed by atoms with van der Waals surface area (Å²) in [6.07, 6.45) is 0. The highest BCUT2D eigenvalue weighted by Gasteiger charge is 2.13. The lowest BCUT2D eigenvalue weighted by molar-refractivity contribution is -0.144. The van der Waals surface area contributed by atoms with E-state index in [9.17, 15) is 18.4 Å². The van der Waals surface area contributed by atoms with Gasteiger partial charge in [-0.25, -0.2) is 4.98 Å². The molecule has 2 aromatic carbocycles. The zero-order valence-electron chi connectivity index (χ0n) is 14.6. The second-order valence-electron chi connectivity index (χ2n) is 5.47. The van der Waals surface area contributed by atoms with Crippen LogP contribution in [-0.4, -0.2) is 35.8 Å². The first-order valence-corrected chi connectivity index (χ1v) is 10.3. The Hall–Kier alpha value is -2.43. The third kappa shape index (κ3) is 6.28. The summed E-state index contributed by atoms with van der Waals surface area (Å²) in [7, 11) is 0. The normalized spacial score (nSPS) is 10.9. The van der Waals surface area contributed by atoms with Gasteiger partial charge in [0.05, 0.1) is 21.0 Å². The number of hydrogen-bond donors (Lipinski definition) is 1. The number of amides is 1. The van der Waals surface area contributed by atoms with Crippen LogP contribution in [0.5, 0.6) is 5.75 Å². The van der Waals surface area contributed by atoms with Gasteiger partial charge in [-0.3, -0.25) is 9.59 Å². The van der Waals surface area contributed by atoms with Gasteiger partial charge in [-0.2, -0.15) is 8.78 Å². The fourth-order valence-electron chi connectivity index (χ4n) is 2.19. The van der Waals surface area contributed by atoms with Crippen molar-refractivity contribution in [1.82, 2.24) is 4.98 Å². The number of ether oxygens (including phenoxy) is 2. The van der Waals surface area contributed by atoms with Crippen LogP contribution in [-0.2, 0) is 14.3 Å². The van der Waals surface area contributed by atoms with Crippen molar-refractivity contribution in [3.8, 4) is 5.75 Å². The average molecular weight is 459 g/mol. The van der Waals surface area contributed by atoms with E-state index < -0.39 is 25.1 Å². The summed E-state index contributed by atoms with van der Waals surface area (Å²) in [5.74, 6) is -1.36. The molecule has 1 N–H and O–H groups in total.